The van der Waals surface area contributed by atoms with E-state index in [1.54, 1.807) is 0 Å². The fraction of sp³-hybridized carbons (Fsp3) is 0.333. The van der Waals surface area contributed by atoms with Crippen molar-refractivity contribution in [2.45, 2.75) is 25.0 Å². The third-order valence-corrected chi connectivity index (χ3v) is 3.91. The van der Waals surface area contributed by atoms with Crippen LogP contribution < -0.4 is 15.2 Å². The van der Waals surface area contributed by atoms with E-state index in [1.807, 2.05) is 31.2 Å². The third-order valence-electron chi connectivity index (χ3n) is 2.84. The largest absolute Gasteiger partial charge is 0.550 e. The van der Waals surface area contributed by atoms with E-state index in [0.717, 1.165) is 29.5 Å². The molecule has 0 spiro atoms. The highest BCUT2D eigenvalue weighted by Gasteiger charge is 2.30. The van der Waals surface area contributed by atoms with Gasteiger partial charge in [0.1, 0.15) is 5.75 Å². The van der Waals surface area contributed by atoms with Gasteiger partial charge in [-0.15, -0.1) is 5.10 Å². The van der Waals surface area contributed by atoms with Gasteiger partial charge in [0.05, 0.1) is 18.1 Å². The molecule has 8 heteroatoms. The van der Waals surface area contributed by atoms with Crippen LogP contribution in [0.2, 0.25) is 0 Å². The third kappa shape index (κ3) is 5.41. The number of amides is 1. The molecule has 0 aliphatic carbocycles. The molecule has 0 bridgehead atoms. The Morgan fingerprint density at radius 3 is 2.83 bits per heavy atom. The van der Waals surface area contributed by atoms with Crippen LogP contribution in [0.15, 0.2) is 34.5 Å². The van der Waals surface area contributed by atoms with Crippen molar-refractivity contribution < 1.29 is 19.4 Å². The number of hydrogen-bond donors (Lipinski definition) is 1. The number of carboxylic acids is 1. The molecular formula is C15H16N3O4S-. The molecule has 1 aliphatic rings. The van der Waals surface area contributed by atoms with Gasteiger partial charge in [-0.2, -0.15) is 5.10 Å². The molecule has 1 amide bonds. The summed E-state index contributed by atoms with van der Waals surface area (Å²) in [6, 6.07) is 7.36. The van der Waals surface area contributed by atoms with Crippen LogP contribution in [0.4, 0.5) is 0 Å². The Bertz CT molecular complexity index is 628. The number of ether oxygens (including phenoxy) is 1. The van der Waals surface area contributed by atoms with Gasteiger partial charge in [-0.05, 0) is 36.2 Å². The van der Waals surface area contributed by atoms with Gasteiger partial charge in [-0.1, -0.05) is 18.7 Å². The lowest BCUT2D eigenvalue weighted by atomic mass is 10.2. The number of rotatable bonds is 7. The summed E-state index contributed by atoms with van der Waals surface area (Å²) in [7, 11) is 0. The Morgan fingerprint density at radius 1 is 1.43 bits per heavy atom. The Morgan fingerprint density at radius 2 is 2.17 bits per heavy atom. The fourth-order valence-corrected chi connectivity index (χ4v) is 2.66. The number of nitrogens with one attached hydrogen (secondary N) is 1. The standard InChI is InChI=1S/C15H17N3O4S/c1-2-7-22-11-5-3-10(4-6-11)9-16-18-15-17-14(21)12(23-15)8-13(19)20/h3-6,9,12H,2,7-8H2,1H3,(H,19,20)(H,17,18,21)/p-1/b16-9-/t12-/m0/s1. The van der Waals surface area contributed by atoms with Crippen molar-refractivity contribution in [2.75, 3.05) is 6.61 Å². The topological polar surface area (TPSA) is 103 Å². The van der Waals surface area contributed by atoms with Crippen molar-refractivity contribution in [3.63, 3.8) is 0 Å². The van der Waals surface area contributed by atoms with Gasteiger partial charge in [-0.25, -0.2) is 0 Å². The second-order valence-electron chi connectivity index (χ2n) is 4.74. The zero-order chi connectivity index (χ0) is 16.7. The number of hydrogen-bond acceptors (Lipinski definition) is 7. The normalized spacial score (nSPS) is 19.3. The second kappa shape index (κ2) is 8.33. The molecule has 2 rings (SSSR count). The summed E-state index contributed by atoms with van der Waals surface area (Å²) in [5.41, 5.74) is 0.832. The van der Waals surface area contributed by atoms with Gasteiger partial charge in [0.25, 0.3) is 0 Å². The SMILES string of the molecule is CCCOc1ccc(/C=N\N=C2\NC(=O)[C@H](CC(=O)[O-])S2)cc1. The highest BCUT2D eigenvalue weighted by atomic mass is 32.2. The van der Waals surface area contributed by atoms with Crippen LogP contribution in [-0.4, -0.2) is 35.1 Å². The minimum absolute atomic E-state index is 0.278. The first-order valence-corrected chi connectivity index (χ1v) is 7.97. The Labute approximate surface area is 137 Å². The van der Waals surface area contributed by atoms with Gasteiger partial charge in [0.2, 0.25) is 5.91 Å². The van der Waals surface area contributed by atoms with Crippen molar-refractivity contribution >= 4 is 35.0 Å². The summed E-state index contributed by atoms with van der Waals surface area (Å²) in [5, 5.41) is 20.3. The number of amidine groups is 1. The van der Waals surface area contributed by atoms with Crippen LogP contribution in [0.5, 0.6) is 5.75 Å². The maximum absolute atomic E-state index is 11.5. The first-order valence-electron chi connectivity index (χ1n) is 7.09. The van der Waals surface area contributed by atoms with Crippen LogP contribution in [0.25, 0.3) is 0 Å². The molecule has 0 aromatic heterocycles. The predicted molar refractivity (Wildman–Crippen MR) is 86.4 cm³/mol. The van der Waals surface area contributed by atoms with Crippen molar-refractivity contribution in [1.29, 1.82) is 0 Å². The van der Waals surface area contributed by atoms with Crippen molar-refractivity contribution in [3.05, 3.63) is 29.8 Å². The first-order chi connectivity index (χ1) is 11.1. The zero-order valence-corrected chi connectivity index (χ0v) is 13.3. The molecule has 1 fully saturated rings. The van der Waals surface area contributed by atoms with Gasteiger partial charge in [0, 0.05) is 12.4 Å². The average Bonchev–Trinajstić information content (AvgIpc) is 2.86. The van der Waals surface area contributed by atoms with E-state index in [1.165, 1.54) is 6.21 Å². The Hall–Kier alpha value is -2.35. The molecule has 1 atom stereocenters. The molecule has 1 aliphatic heterocycles. The maximum Gasteiger partial charge on any atom is 0.239 e. The quantitative estimate of drug-likeness (QED) is 0.579. The molecule has 1 aromatic rings. The molecule has 7 nitrogen and oxygen atoms in total. The molecule has 1 aromatic carbocycles. The van der Waals surface area contributed by atoms with Crippen LogP contribution in [0.3, 0.4) is 0 Å². The van der Waals surface area contributed by atoms with Crippen LogP contribution in [0.1, 0.15) is 25.3 Å². The number of benzene rings is 1. The van der Waals surface area contributed by atoms with Crippen LogP contribution in [-0.2, 0) is 9.59 Å². The summed E-state index contributed by atoms with van der Waals surface area (Å²) in [5.74, 6) is -0.877. The van der Waals surface area contributed by atoms with E-state index in [2.05, 4.69) is 15.5 Å². The van der Waals surface area contributed by atoms with Crippen LogP contribution in [0, 0.1) is 0 Å². The average molecular weight is 334 g/mol. The first kappa shape index (κ1) is 17.0. The van der Waals surface area contributed by atoms with E-state index in [9.17, 15) is 14.7 Å². The van der Waals surface area contributed by atoms with Gasteiger partial charge < -0.3 is 20.0 Å². The molecule has 0 radical (unpaired) electrons. The van der Waals surface area contributed by atoms with Crippen molar-refractivity contribution in [1.82, 2.24) is 5.32 Å². The monoisotopic (exact) mass is 334 g/mol. The van der Waals surface area contributed by atoms with E-state index >= 15 is 0 Å². The molecule has 0 unspecified atom stereocenters. The molecule has 122 valence electrons. The predicted octanol–water partition coefficient (Wildman–Crippen LogP) is 0.537. The highest BCUT2D eigenvalue weighted by Crippen LogP contribution is 2.22. The summed E-state index contributed by atoms with van der Waals surface area (Å²) in [6.07, 6.45) is 2.14. The summed E-state index contributed by atoms with van der Waals surface area (Å²) < 4.78 is 5.48. The van der Waals surface area contributed by atoms with Crippen LogP contribution >= 0.6 is 11.8 Å². The summed E-state index contributed by atoms with van der Waals surface area (Å²) in [4.78, 5) is 22.0. The molecule has 1 saturated heterocycles. The minimum Gasteiger partial charge on any atom is -0.550 e. The van der Waals surface area contributed by atoms with E-state index in [-0.39, 0.29) is 11.6 Å². The Kier molecular flexibility index (Phi) is 6.16. The molecule has 1 heterocycles. The maximum atomic E-state index is 11.5. The van der Waals surface area contributed by atoms with Gasteiger partial charge >= 0.3 is 0 Å². The smallest absolute Gasteiger partial charge is 0.239 e. The molecule has 23 heavy (non-hydrogen) atoms. The number of aliphatic carboxylic acids is 1. The number of carbonyl (C=O) groups is 2. The summed E-state index contributed by atoms with van der Waals surface area (Å²) >= 11 is 1.03. The Balaban J connectivity index is 1.90. The number of carboxylic acid groups (broad SMARTS) is 1. The summed E-state index contributed by atoms with van der Waals surface area (Å²) in [6.45, 7) is 2.71. The van der Waals surface area contributed by atoms with Gasteiger partial charge in [-0.3, -0.25) is 4.79 Å². The highest BCUT2D eigenvalue weighted by molar-refractivity contribution is 8.15. The van der Waals surface area contributed by atoms with Gasteiger partial charge in [0.15, 0.2) is 5.17 Å². The number of thioether (sulfide) groups is 1. The van der Waals surface area contributed by atoms with E-state index < -0.39 is 17.1 Å². The lowest BCUT2D eigenvalue weighted by Crippen LogP contribution is -2.31. The van der Waals surface area contributed by atoms with E-state index in [0.29, 0.717) is 6.61 Å². The van der Waals surface area contributed by atoms with Crippen molar-refractivity contribution in [2.24, 2.45) is 10.2 Å². The molecular weight excluding hydrogens is 318 g/mol. The lowest BCUT2D eigenvalue weighted by Gasteiger charge is -2.04. The van der Waals surface area contributed by atoms with Crippen molar-refractivity contribution in [3.8, 4) is 5.75 Å². The minimum atomic E-state index is -1.27. The van der Waals surface area contributed by atoms with E-state index in [4.69, 9.17) is 4.74 Å². The number of carbonyl (C=O) groups excluding carboxylic acids is 2. The molecule has 0 saturated carbocycles. The zero-order valence-electron chi connectivity index (χ0n) is 12.5. The molecule has 1 N–H and O–H groups in total. The second-order valence-corrected chi connectivity index (χ2v) is 5.93. The lowest BCUT2D eigenvalue weighted by molar-refractivity contribution is -0.305. The number of nitrogens with zero attached hydrogens (tertiary/aromatic N) is 2. The fourth-order valence-electron chi connectivity index (χ4n) is 1.76.